The lowest BCUT2D eigenvalue weighted by Crippen LogP contribution is -2.22. The van der Waals surface area contributed by atoms with Crippen LogP contribution in [-0.2, 0) is 12.0 Å². The van der Waals surface area contributed by atoms with Gasteiger partial charge in [-0.15, -0.1) is 11.3 Å². The Morgan fingerprint density at radius 1 is 1.30 bits per heavy atom. The first-order valence-corrected chi connectivity index (χ1v) is 8.02. The smallest absolute Gasteiger partial charge is 0.138 e. The molecule has 0 aromatic carbocycles. The zero-order chi connectivity index (χ0) is 14.9. The molecular formula is C14H19BrN4S. The highest BCUT2D eigenvalue weighted by molar-refractivity contribution is 9.10. The van der Waals surface area contributed by atoms with Crippen molar-refractivity contribution in [2.24, 2.45) is 0 Å². The fraction of sp³-hybridized carbons (Fsp3) is 0.429. The first kappa shape index (κ1) is 15.3. The van der Waals surface area contributed by atoms with Crippen LogP contribution in [0.15, 0.2) is 22.0 Å². The monoisotopic (exact) mass is 354 g/mol. The van der Waals surface area contributed by atoms with Gasteiger partial charge in [-0.1, -0.05) is 20.8 Å². The first-order chi connectivity index (χ1) is 9.25. The summed E-state index contributed by atoms with van der Waals surface area (Å²) in [5, 5.41) is 2.08. The van der Waals surface area contributed by atoms with E-state index >= 15 is 0 Å². The van der Waals surface area contributed by atoms with E-state index in [9.17, 15) is 0 Å². The molecule has 0 aliphatic heterocycles. The Kier molecular flexibility index (Phi) is 4.34. The van der Waals surface area contributed by atoms with Crippen LogP contribution in [0.4, 0.5) is 11.6 Å². The lowest BCUT2D eigenvalue weighted by molar-refractivity contribution is 0.545. The molecule has 6 heteroatoms. The minimum Gasteiger partial charge on any atom is -0.384 e. The summed E-state index contributed by atoms with van der Waals surface area (Å²) in [7, 11) is 2.02. The van der Waals surface area contributed by atoms with Gasteiger partial charge >= 0.3 is 0 Å². The van der Waals surface area contributed by atoms with E-state index in [1.807, 2.05) is 13.1 Å². The molecule has 0 radical (unpaired) electrons. The van der Waals surface area contributed by atoms with Gasteiger partial charge in [0.15, 0.2) is 0 Å². The van der Waals surface area contributed by atoms with E-state index in [0.29, 0.717) is 5.82 Å². The van der Waals surface area contributed by atoms with Crippen LogP contribution in [-0.4, -0.2) is 17.0 Å². The Hall–Kier alpha value is -1.14. The highest BCUT2D eigenvalue weighted by Crippen LogP contribution is 2.25. The molecule has 0 saturated heterocycles. The largest absolute Gasteiger partial charge is 0.384 e. The third-order valence-corrected chi connectivity index (χ3v) is 4.49. The van der Waals surface area contributed by atoms with Crippen molar-refractivity contribution in [3.8, 4) is 0 Å². The van der Waals surface area contributed by atoms with E-state index in [1.165, 1.54) is 4.88 Å². The maximum absolute atomic E-state index is 5.91. The van der Waals surface area contributed by atoms with Crippen LogP contribution in [0.1, 0.15) is 31.5 Å². The molecule has 2 rings (SSSR count). The van der Waals surface area contributed by atoms with Crippen molar-refractivity contribution in [3.05, 3.63) is 32.7 Å². The molecule has 2 heterocycles. The van der Waals surface area contributed by atoms with Crippen LogP contribution in [0, 0.1) is 0 Å². The number of anilines is 2. The van der Waals surface area contributed by atoms with Crippen LogP contribution in [0.25, 0.3) is 0 Å². The van der Waals surface area contributed by atoms with Crippen molar-refractivity contribution in [2.45, 2.75) is 32.7 Å². The van der Waals surface area contributed by atoms with Crippen LogP contribution >= 0.6 is 27.3 Å². The molecular weight excluding hydrogens is 336 g/mol. The van der Waals surface area contributed by atoms with Gasteiger partial charge in [-0.2, -0.15) is 0 Å². The van der Waals surface area contributed by atoms with E-state index in [2.05, 4.69) is 63.0 Å². The molecule has 108 valence electrons. The Morgan fingerprint density at radius 3 is 2.55 bits per heavy atom. The predicted molar refractivity (Wildman–Crippen MR) is 89.3 cm³/mol. The van der Waals surface area contributed by atoms with E-state index in [1.54, 1.807) is 11.3 Å². The van der Waals surface area contributed by atoms with Crippen LogP contribution < -0.4 is 10.6 Å². The SMILES string of the molecule is CN(Cc1cc(Br)cs1)c1cc(N)nc(C(C)(C)C)n1. The minimum absolute atomic E-state index is 0.114. The zero-order valence-corrected chi connectivity index (χ0v) is 14.5. The molecule has 0 spiro atoms. The molecule has 0 aliphatic carbocycles. The quantitative estimate of drug-likeness (QED) is 0.910. The second-order valence-corrected chi connectivity index (χ2v) is 7.72. The number of rotatable bonds is 3. The first-order valence-electron chi connectivity index (χ1n) is 6.35. The highest BCUT2D eigenvalue weighted by atomic mass is 79.9. The summed E-state index contributed by atoms with van der Waals surface area (Å²) in [4.78, 5) is 12.3. The normalized spacial score (nSPS) is 11.7. The van der Waals surface area contributed by atoms with Gasteiger partial charge in [0.05, 0.1) is 6.54 Å². The zero-order valence-electron chi connectivity index (χ0n) is 12.1. The maximum atomic E-state index is 5.91. The summed E-state index contributed by atoms with van der Waals surface area (Å²) in [5.74, 6) is 2.14. The Morgan fingerprint density at radius 2 is 2.00 bits per heavy atom. The molecule has 2 N–H and O–H groups in total. The molecule has 0 bridgehead atoms. The molecule has 0 fully saturated rings. The van der Waals surface area contributed by atoms with E-state index in [-0.39, 0.29) is 5.41 Å². The molecule has 0 aliphatic rings. The third-order valence-electron chi connectivity index (χ3n) is 2.81. The second kappa shape index (κ2) is 5.69. The lowest BCUT2D eigenvalue weighted by atomic mass is 9.96. The van der Waals surface area contributed by atoms with E-state index in [4.69, 9.17) is 5.73 Å². The summed E-state index contributed by atoms with van der Waals surface area (Å²) in [6.07, 6.45) is 0. The van der Waals surface area contributed by atoms with Gasteiger partial charge in [-0.05, 0) is 22.0 Å². The summed E-state index contributed by atoms with van der Waals surface area (Å²) in [6, 6.07) is 3.94. The number of thiophene rings is 1. The Balaban J connectivity index is 2.25. The number of hydrogen-bond donors (Lipinski definition) is 1. The van der Waals surface area contributed by atoms with Crippen molar-refractivity contribution >= 4 is 38.9 Å². The van der Waals surface area contributed by atoms with Crippen molar-refractivity contribution in [2.75, 3.05) is 17.7 Å². The molecule has 4 nitrogen and oxygen atoms in total. The lowest BCUT2D eigenvalue weighted by Gasteiger charge is -2.22. The highest BCUT2D eigenvalue weighted by Gasteiger charge is 2.19. The molecule has 0 unspecified atom stereocenters. The summed E-state index contributed by atoms with van der Waals surface area (Å²) >= 11 is 5.20. The minimum atomic E-state index is -0.114. The molecule has 0 saturated carbocycles. The van der Waals surface area contributed by atoms with Gasteiger partial charge in [-0.3, -0.25) is 0 Å². The number of aromatic nitrogens is 2. The molecule has 0 atom stereocenters. The second-order valence-electron chi connectivity index (χ2n) is 5.81. The van der Waals surface area contributed by atoms with Crippen LogP contribution in [0.5, 0.6) is 0 Å². The van der Waals surface area contributed by atoms with Gasteiger partial charge in [0.25, 0.3) is 0 Å². The fourth-order valence-electron chi connectivity index (χ4n) is 1.74. The summed E-state index contributed by atoms with van der Waals surface area (Å²) in [5.41, 5.74) is 5.79. The summed E-state index contributed by atoms with van der Waals surface area (Å²) < 4.78 is 1.11. The molecule has 2 aromatic rings. The molecule has 20 heavy (non-hydrogen) atoms. The van der Waals surface area contributed by atoms with Crippen LogP contribution in [0.2, 0.25) is 0 Å². The average molecular weight is 355 g/mol. The average Bonchev–Trinajstić information content (AvgIpc) is 2.72. The van der Waals surface area contributed by atoms with Crippen molar-refractivity contribution in [1.82, 2.24) is 9.97 Å². The van der Waals surface area contributed by atoms with E-state index < -0.39 is 0 Å². The van der Waals surface area contributed by atoms with Crippen molar-refractivity contribution in [3.63, 3.8) is 0 Å². The van der Waals surface area contributed by atoms with Gasteiger partial charge in [0, 0.05) is 33.3 Å². The topological polar surface area (TPSA) is 55.0 Å². The van der Waals surface area contributed by atoms with E-state index in [0.717, 1.165) is 22.7 Å². The Labute approximate surface area is 132 Å². The van der Waals surface area contributed by atoms with Gasteiger partial charge in [0.2, 0.25) is 0 Å². The van der Waals surface area contributed by atoms with Gasteiger partial charge < -0.3 is 10.6 Å². The maximum Gasteiger partial charge on any atom is 0.138 e. The number of halogens is 1. The number of nitrogens with two attached hydrogens (primary N) is 1. The standard InChI is InChI=1S/C14H19BrN4S/c1-14(2,3)13-17-11(16)6-12(18-13)19(4)7-10-5-9(15)8-20-10/h5-6,8H,7H2,1-4H3,(H2,16,17,18). The van der Waals surface area contributed by atoms with Crippen LogP contribution in [0.3, 0.4) is 0 Å². The van der Waals surface area contributed by atoms with Crippen molar-refractivity contribution < 1.29 is 0 Å². The number of nitrogens with zero attached hydrogens (tertiary/aromatic N) is 3. The molecule has 2 aromatic heterocycles. The predicted octanol–water partition coefficient (Wildman–Crippen LogP) is 3.82. The number of nitrogen functional groups attached to an aromatic ring is 1. The summed E-state index contributed by atoms with van der Waals surface area (Å²) in [6.45, 7) is 7.06. The van der Waals surface area contributed by atoms with Gasteiger partial charge in [0.1, 0.15) is 17.5 Å². The third kappa shape index (κ3) is 3.70. The van der Waals surface area contributed by atoms with Gasteiger partial charge in [-0.25, -0.2) is 9.97 Å². The van der Waals surface area contributed by atoms with Crippen molar-refractivity contribution in [1.29, 1.82) is 0 Å². The molecule has 0 amide bonds. The Bertz CT molecular complexity index is 603. The fourth-order valence-corrected chi connectivity index (χ4v) is 3.24. The number of hydrogen-bond acceptors (Lipinski definition) is 5.